The number of rotatable bonds is 3. The molecule has 0 aliphatic heterocycles. The van der Waals surface area contributed by atoms with Crippen molar-refractivity contribution in [3.05, 3.63) is 29.6 Å². The van der Waals surface area contributed by atoms with Crippen LogP contribution in [0.15, 0.2) is 18.2 Å². The minimum Gasteiger partial charge on any atom is -0.406 e. The van der Waals surface area contributed by atoms with Gasteiger partial charge in [-0.3, -0.25) is 0 Å². The van der Waals surface area contributed by atoms with E-state index in [0.29, 0.717) is 12.4 Å². The third-order valence-corrected chi connectivity index (χ3v) is 1.56. The average molecular weight is 222 g/mol. The normalized spacial score (nSPS) is 11.2. The summed E-state index contributed by atoms with van der Waals surface area (Å²) in [4.78, 5) is 10.1. The van der Waals surface area contributed by atoms with Crippen LogP contribution in [0.2, 0.25) is 0 Å². The molecule has 0 spiro atoms. The molecule has 0 aliphatic rings. The standard InChI is InChI=1S/C9H6F4O2/c10-8-5-7(15-9(11,12)13)2-1-6(8)3-4-14/h1-2,4-5H,3H2. The largest absolute Gasteiger partial charge is 0.573 e. The van der Waals surface area contributed by atoms with Gasteiger partial charge < -0.3 is 9.53 Å². The minimum atomic E-state index is -4.85. The summed E-state index contributed by atoms with van der Waals surface area (Å²) in [5.41, 5.74) is 0.0273. The van der Waals surface area contributed by atoms with Gasteiger partial charge in [-0.15, -0.1) is 13.2 Å². The third kappa shape index (κ3) is 3.57. The van der Waals surface area contributed by atoms with Crippen molar-refractivity contribution in [2.24, 2.45) is 0 Å². The quantitative estimate of drug-likeness (QED) is 0.580. The van der Waals surface area contributed by atoms with E-state index in [0.717, 1.165) is 12.1 Å². The Kier molecular flexibility index (Phi) is 3.28. The molecule has 1 aromatic rings. The number of ether oxygens (including phenoxy) is 1. The summed E-state index contributed by atoms with van der Waals surface area (Å²) in [6.45, 7) is 0. The summed E-state index contributed by atoms with van der Waals surface area (Å²) in [7, 11) is 0. The van der Waals surface area contributed by atoms with Crippen molar-refractivity contribution in [2.45, 2.75) is 12.8 Å². The molecule has 6 heteroatoms. The Labute approximate surface area is 82.5 Å². The number of halogens is 4. The summed E-state index contributed by atoms with van der Waals surface area (Å²) in [5, 5.41) is 0. The lowest BCUT2D eigenvalue weighted by molar-refractivity contribution is -0.274. The molecule has 1 aromatic carbocycles. The Balaban J connectivity index is 2.86. The van der Waals surface area contributed by atoms with Gasteiger partial charge in [-0.25, -0.2) is 4.39 Å². The van der Waals surface area contributed by atoms with Crippen LogP contribution in [0.5, 0.6) is 5.75 Å². The second-order valence-electron chi connectivity index (χ2n) is 2.67. The van der Waals surface area contributed by atoms with Gasteiger partial charge in [0.2, 0.25) is 0 Å². The second kappa shape index (κ2) is 4.29. The van der Waals surface area contributed by atoms with Gasteiger partial charge in [0.1, 0.15) is 17.9 Å². The molecule has 0 aliphatic carbocycles. The molecule has 0 atom stereocenters. The molecule has 0 fully saturated rings. The Bertz CT molecular complexity index is 360. The van der Waals surface area contributed by atoms with E-state index in [1.54, 1.807) is 0 Å². The van der Waals surface area contributed by atoms with Crippen molar-refractivity contribution in [1.29, 1.82) is 0 Å². The van der Waals surface area contributed by atoms with E-state index in [1.807, 2.05) is 0 Å². The maximum Gasteiger partial charge on any atom is 0.573 e. The van der Waals surface area contributed by atoms with E-state index in [2.05, 4.69) is 4.74 Å². The zero-order valence-corrected chi connectivity index (χ0v) is 7.34. The highest BCUT2D eigenvalue weighted by Crippen LogP contribution is 2.24. The molecular weight excluding hydrogens is 216 g/mol. The summed E-state index contributed by atoms with van der Waals surface area (Å²) in [6, 6.07) is 2.62. The predicted octanol–water partition coefficient (Wildman–Crippen LogP) is 2.47. The highest BCUT2D eigenvalue weighted by atomic mass is 19.4. The topological polar surface area (TPSA) is 26.3 Å². The van der Waals surface area contributed by atoms with Gasteiger partial charge in [-0.1, -0.05) is 6.07 Å². The van der Waals surface area contributed by atoms with E-state index >= 15 is 0 Å². The zero-order chi connectivity index (χ0) is 11.5. The number of carbonyl (C=O) groups is 1. The van der Waals surface area contributed by atoms with Crippen molar-refractivity contribution >= 4 is 6.29 Å². The molecule has 0 saturated carbocycles. The lowest BCUT2D eigenvalue weighted by Crippen LogP contribution is -2.17. The number of aldehydes is 1. The number of benzene rings is 1. The molecule has 0 bridgehead atoms. The van der Waals surface area contributed by atoms with Gasteiger partial charge in [0.15, 0.2) is 0 Å². The highest BCUT2D eigenvalue weighted by Gasteiger charge is 2.31. The maximum atomic E-state index is 13.0. The fourth-order valence-corrected chi connectivity index (χ4v) is 0.980. The van der Waals surface area contributed by atoms with E-state index in [9.17, 15) is 22.4 Å². The summed E-state index contributed by atoms with van der Waals surface area (Å²) in [6.07, 6.45) is -4.57. The van der Waals surface area contributed by atoms with Crippen molar-refractivity contribution in [1.82, 2.24) is 0 Å². The van der Waals surface area contributed by atoms with Crippen LogP contribution in [-0.4, -0.2) is 12.6 Å². The molecule has 0 heterocycles. The maximum absolute atomic E-state index is 13.0. The van der Waals surface area contributed by atoms with Crippen molar-refractivity contribution < 1.29 is 27.1 Å². The molecule has 0 radical (unpaired) electrons. The van der Waals surface area contributed by atoms with Crippen LogP contribution < -0.4 is 4.74 Å². The first-order chi connectivity index (χ1) is 6.92. The van der Waals surface area contributed by atoms with E-state index in [4.69, 9.17) is 0 Å². The van der Waals surface area contributed by atoms with Gasteiger partial charge in [-0.05, 0) is 11.6 Å². The fourth-order valence-electron chi connectivity index (χ4n) is 0.980. The molecule has 15 heavy (non-hydrogen) atoms. The number of carbonyl (C=O) groups excluding carboxylic acids is 1. The Morgan fingerprint density at radius 1 is 1.33 bits per heavy atom. The molecule has 2 nitrogen and oxygen atoms in total. The fraction of sp³-hybridized carbons (Fsp3) is 0.222. The first-order valence-electron chi connectivity index (χ1n) is 3.90. The van der Waals surface area contributed by atoms with Gasteiger partial charge in [0.25, 0.3) is 0 Å². The number of hydrogen-bond donors (Lipinski definition) is 0. The molecular formula is C9H6F4O2. The molecule has 0 unspecified atom stereocenters. The van der Waals surface area contributed by atoms with Crippen LogP contribution in [0, 0.1) is 5.82 Å². The molecule has 0 aromatic heterocycles. The minimum absolute atomic E-state index is 0.0273. The van der Waals surface area contributed by atoms with Gasteiger partial charge in [0, 0.05) is 12.5 Å². The van der Waals surface area contributed by atoms with Crippen molar-refractivity contribution in [2.75, 3.05) is 0 Å². The Morgan fingerprint density at radius 2 is 2.00 bits per heavy atom. The van der Waals surface area contributed by atoms with Crippen LogP contribution in [0.1, 0.15) is 5.56 Å². The molecule has 0 amide bonds. The third-order valence-electron chi connectivity index (χ3n) is 1.56. The molecule has 1 rings (SSSR count). The van der Waals surface area contributed by atoms with Gasteiger partial charge >= 0.3 is 6.36 Å². The van der Waals surface area contributed by atoms with Crippen molar-refractivity contribution in [3.63, 3.8) is 0 Å². The number of hydrogen-bond acceptors (Lipinski definition) is 2. The van der Waals surface area contributed by atoms with Gasteiger partial charge in [0.05, 0.1) is 0 Å². The average Bonchev–Trinajstić information content (AvgIpc) is 2.07. The van der Waals surface area contributed by atoms with Crippen LogP contribution >= 0.6 is 0 Å². The SMILES string of the molecule is O=CCc1ccc(OC(F)(F)F)cc1F. The van der Waals surface area contributed by atoms with Crippen molar-refractivity contribution in [3.8, 4) is 5.75 Å². The lowest BCUT2D eigenvalue weighted by Gasteiger charge is -2.09. The van der Waals surface area contributed by atoms with E-state index < -0.39 is 17.9 Å². The zero-order valence-electron chi connectivity index (χ0n) is 7.34. The highest BCUT2D eigenvalue weighted by molar-refractivity contribution is 5.55. The monoisotopic (exact) mass is 222 g/mol. The smallest absolute Gasteiger partial charge is 0.406 e. The van der Waals surface area contributed by atoms with Crippen LogP contribution in [0.3, 0.4) is 0 Å². The molecule has 0 N–H and O–H groups in total. The summed E-state index contributed by atoms with van der Waals surface area (Å²) in [5.74, 6) is -1.54. The second-order valence-corrected chi connectivity index (χ2v) is 2.67. The first-order valence-corrected chi connectivity index (χ1v) is 3.90. The lowest BCUT2D eigenvalue weighted by atomic mass is 10.1. The van der Waals surface area contributed by atoms with Crippen LogP contribution in [0.4, 0.5) is 17.6 Å². The van der Waals surface area contributed by atoms with E-state index in [1.165, 1.54) is 0 Å². The Morgan fingerprint density at radius 3 is 2.47 bits per heavy atom. The number of alkyl halides is 3. The van der Waals surface area contributed by atoms with E-state index in [-0.39, 0.29) is 12.0 Å². The molecule has 82 valence electrons. The first kappa shape index (κ1) is 11.5. The van der Waals surface area contributed by atoms with Crippen LogP contribution in [0.25, 0.3) is 0 Å². The summed E-state index contributed by atoms with van der Waals surface area (Å²) >= 11 is 0. The Hall–Kier alpha value is -1.59. The molecule has 0 saturated heterocycles. The van der Waals surface area contributed by atoms with Crippen LogP contribution in [-0.2, 0) is 11.2 Å². The summed E-state index contributed by atoms with van der Waals surface area (Å²) < 4.78 is 51.7. The van der Waals surface area contributed by atoms with Gasteiger partial charge in [-0.2, -0.15) is 0 Å². The predicted molar refractivity (Wildman–Crippen MR) is 42.9 cm³/mol.